The van der Waals surface area contributed by atoms with Crippen molar-refractivity contribution in [3.63, 3.8) is 0 Å². The fourth-order valence-corrected chi connectivity index (χ4v) is 5.35. The molecule has 4 aromatic rings. The zero-order valence-electron chi connectivity index (χ0n) is 17.9. The Kier molecular flexibility index (Phi) is 6.38. The van der Waals surface area contributed by atoms with E-state index < -0.39 is 10.0 Å². The molecule has 0 aliphatic rings. The van der Waals surface area contributed by atoms with Crippen LogP contribution in [0.2, 0.25) is 0 Å². The minimum Gasteiger partial charge on any atom is -0.287 e. The van der Waals surface area contributed by atoms with Crippen LogP contribution in [0.3, 0.4) is 0 Å². The van der Waals surface area contributed by atoms with Gasteiger partial charge in [-0.05, 0) is 43.0 Å². The van der Waals surface area contributed by atoms with E-state index in [1.54, 1.807) is 29.8 Å². The highest BCUT2D eigenvalue weighted by Crippen LogP contribution is 2.28. The summed E-state index contributed by atoms with van der Waals surface area (Å²) in [6, 6.07) is 12.8. The third-order valence-corrected chi connectivity index (χ3v) is 7.90. The molecule has 0 saturated heterocycles. The second-order valence-electron chi connectivity index (χ2n) is 7.31. The number of hydrogen-bond acceptors (Lipinski definition) is 6. The van der Waals surface area contributed by atoms with Gasteiger partial charge in [-0.1, -0.05) is 31.5 Å². The topological polar surface area (TPSA) is 84.6 Å². The van der Waals surface area contributed by atoms with Gasteiger partial charge < -0.3 is 0 Å². The third-order valence-electron chi connectivity index (χ3n) is 5.24. The number of fused-ring (bicyclic) bond motifs is 1. The van der Waals surface area contributed by atoms with Gasteiger partial charge >= 0.3 is 0 Å². The molecular weight excluding hydrogens is 444 g/mol. The molecule has 3 heterocycles. The Morgan fingerprint density at radius 1 is 1.16 bits per heavy atom. The first-order valence-corrected chi connectivity index (χ1v) is 13.0. The van der Waals surface area contributed by atoms with Crippen LogP contribution in [-0.4, -0.2) is 41.1 Å². The van der Waals surface area contributed by atoms with Gasteiger partial charge in [0.25, 0.3) is 0 Å². The smallest absolute Gasteiger partial charge is 0.234 e. The predicted molar refractivity (Wildman–Crippen MR) is 128 cm³/mol. The fourth-order valence-electron chi connectivity index (χ4n) is 3.52. The van der Waals surface area contributed by atoms with Gasteiger partial charge in [-0.15, -0.1) is 11.3 Å². The minimum absolute atomic E-state index is 0.0355. The van der Waals surface area contributed by atoms with E-state index in [1.165, 1.54) is 21.8 Å². The lowest BCUT2D eigenvalue weighted by Crippen LogP contribution is -2.33. The van der Waals surface area contributed by atoms with Gasteiger partial charge in [-0.2, -0.15) is 5.10 Å². The van der Waals surface area contributed by atoms with E-state index >= 15 is 0 Å². The van der Waals surface area contributed by atoms with Crippen molar-refractivity contribution in [3.05, 3.63) is 70.7 Å². The molecule has 9 heteroatoms. The summed E-state index contributed by atoms with van der Waals surface area (Å²) in [4.78, 5) is 17.9. The van der Waals surface area contributed by atoms with Crippen LogP contribution in [0.25, 0.3) is 16.9 Å². The molecule has 0 N–H and O–H groups in total. The first kappa shape index (κ1) is 22.2. The number of unbranched alkanes of at least 4 members (excludes halogenated alkanes) is 1. The van der Waals surface area contributed by atoms with Gasteiger partial charge in [0.15, 0.2) is 5.65 Å². The minimum atomic E-state index is -3.40. The average Bonchev–Trinajstić information content (AvgIpc) is 3.49. The Bertz CT molecular complexity index is 1340. The summed E-state index contributed by atoms with van der Waals surface area (Å²) in [5, 5.41) is 6.28. The number of sulfonamides is 1. The largest absolute Gasteiger partial charge is 0.287 e. The summed E-state index contributed by atoms with van der Waals surface area (Å²) in [5.74, 6) is -0.0819. The molecular formula is C23H24N4O3S2. The van der Waals surface area contributed by atoms with Crippen molar-refractivity contribution in [2.24, 2.45) is 0 Å². The maximum absolute atomic E-state index is 12.9. The van der Waals surface area contributed by atoms with E-state index in [0.717, 1.165) is 24.1 Å². The van der Waals surface area contributed by atoms with Gasteiger partial charge in [-0.3, -0.25) is 9.10 Å². The molecule has 0 amide bonds. The number of ketones is 1. The highest BCUT2D eigenvalue weighted by atomic mass is 32.2. The van der Waals surface area contributed by atoms with Crippen molar-refractivity contribution in [1.29, 1.82) is 0 Å². The van der Waals surface area contributed by atoms with Crippen LogP contribution in [0, 0.1) is 0 Å². The maximum atomic E-state index is 12.9. The quantitative estimate of drug-likeness (QED) is 0.334. The van der Waals surface area contributed by atoms with Crippen LogP contribution in [0.5, 0.6) is 0 Å². The molecule has 3 aromatic heterocycles. The number of benzene rings is 1. The lowest BCUT2D eigenvalue weighted by atomic mass is 10.1. The van der Waals surface area contributed by atoms with Crippen LogP contribution < -0.4 is 4.31 Å². The summed E-state index contributed by atoms with van der Waals surface area (Å²) in [6.07, 6.45) is 4.85. The lowest BCUT2D eigenvalue weighted by Gasteiger charge is -2.24. The van der Waals surface area contributed by atoms with Crippen LogP contribution in [0.1, 0.15) is 41.9 Å². The monoisotopic (exact) mass is 468 g/mol. The summed E-state index contributed by atoms with van der Waals surface area (Å²) in [5.41, 5.74) is 3.04. The van der Waals surface area contributed by atoms with Crippen LogP contribution in [0.15, 0.2) is 60.2 Å². The lowest BCUT2D eigenvalue weighted by molar-refractivity contribution is 0.104. The Morgan fingerprint density at radius 3 is 2.72 bits per heavy atom. The van der Waals surface area contributed by atoms with Crippen molar-refractivity contribution in [2.75, 3.05) is 16.6 Å². The second-order valence-corrected chi connectivity index (χ2v) is 10.4. The molecule has 0 aliphatic carbocycles. The van der Waals surface area contributed by atoms with Crippen molar-refractivity contribution in [3.8, 4) is 11.3 Å². The number of anilines is 1. The molecule has 0 spiro atoms. The third kappa shape index (κ3) is 4.18. The Balaban J connectivity index is 1.78. The molecule has 0 radical (unpaired) electrons. The van der Waals surface area contributed by atoms with E-state index in [1.807, 2.05) is 42.6 Å². The first-order chi connectivity index (χ1) is 15.5. The average molecular weight is 469 g/mol. The molecule has 4 rings (SSSR count). The van der Waals surface area contributed by atoms with E-state index in [0.29, 0.717) is 28.3 Å². The fraction of sp³-hybridized carbons (Fsp3) is 0.261. The van der Waals surface area contributed by atoms with E-state index in [9.17, 15) is 13.2 Å². The second kappa shape index (κ2) is 9.22. The Morgan fingerprint density at radius 2 is 2.00 bits per heavy atom. The molecule has 166 valence electrons. The van der Waals surface area contributed by atoms with Crippen LogP contribution >= 0.6 is 11.3 Å². The molecule has 0 saturated carbocycles. The van der Waals surface area contributed by atoms with Gasteiger partial charge in [0.1, 0.15) is 0 Å². The maximum Gasteiger partial charge on any atom is 0.234 e. The molecule has 0 aliphatic heterocycles. The number of rotatable bonds is 9. The zero-order valence-corrected chi connectivity index (χ0v) is 19.6. The number of thiophene rings is 1. The van der Waals surface area contributed by atoms with E-state index in [-0.39, 0.29) is 11.5 Å². The normalized spacial score (nSPS) is 11.7. The Hall–Kier alpha value is -3.04. The van der Waals surface area contributed by atoms with Crippen molar-refractivity contribution < 1.29 is 13.2 Å². The summed E-state index contributed by atoms with van der Waals surface area (Å²) >= 11 is 1.38. The SMILES string of the molecule is CCCCN(c1cccc(-c2ccnc3c(C(=O)c4cccs4)cnn23)c1)S(=O)(=O)CC. The zero-order chi connectivity index (χ0) is 22.7. The molecule has 7 nitrogen and oxygen atoms in total. The number of nitrogens with zero attached hydrogens (tertiary/aromatic N) is 4. The van der Waals surface area contributed by atoms with Crippen molar-refractivity contribution >= 4 is 38.5 Å². The summed E-state index contributed by atoms with van der Waals surface area (Å²) in [7, 11) is -3.40. The number of aromatic nitrogens is 3. The predicted octanol–water partition coefficient (Wildman–Crippen LogP) is 4.65. The molecule has 32 heavy (non-hydrogen) atoms. The standard InChI is InChI=1S/C23H24N4O3S2/c1-3-5-13-26(32(29,30)4-2)18-9-6-8-17(15-18)20-11-12-24-23-19(16-25-27(20)23)22(28)21-10-7-14-31-21/h6-12,14-16H,3-5,13H2,1-2H3. The number of carbonyl (C=O) groups excluding carboxylic acids is 1. The summed E-state index contributed by atoms with van der Waals surface area (Å²) in [6.45, 7) is 4.12. The van der Waals surface area contributed by atoms with E-state index in [4.69, 9.17) is 0 Å². The van der Waals surface area contributed by atoms with Crippen molar-refractivity contribution in [1.82, 2.24) is 14.6 Å². The van der Waals surface area contributed by atoms with Gasteiger partial charge in [0, 0.05) is 18.3 Å². The summed E-state index contributed by atoms with van der Waals surface area (Å²) < 4.78 is 28.5. The van der Waals surface area contributed by atoms with E-state index in [2.05, 4.69) is 10.1 Å². The molecule has 0 unspecified atom stereocenters. The Labute approximate surface area is 191 Å². The van der Waals surface area contributed by atoms with Gasteiger partial charge in [0.05, 0.1) is 33.8 Å². The molecule has 0 fully saturated rings. The van der Waals surface area contributed by atoms with Gasteiger partial charge in [-0.25, -0.2) is 17.9 Å². The van der Waals surface area contributed by atoms with Crippen LogP contribution in [0.4, 0.5) is 5.69 Å². The first-order valence-electron chi connectivity index (χ1n) is 10.5. The number of carbonyl (C=O) groups is 1. The van der Waals surface area contributed by atoms with Gasteiger partial charge in [0.2, 0.25) is 15.8 Å². The van der Waals surface area contributed by atoms with Crippen molar-refractivity contribution in [2.45, 2.75) is 26.7 Å². The molecule has 1 aromatic carbocycles. The highest BCUT2D eigenvalue weighted by Gasteiger charge is 2.22. The highest BCUT2D eigenvalue weighted by molar-refractivity contribution is 7.92. The van der Waals surface area contributed by atoms with Crippen LogP contribution in [-0.2, 0) is 10.0 Å². The molecule has 0 bridgehead atoms. The molecule has 0 atom stereocenters. The number of hydrogen-bond donors (Lipinski definition) is 0.